The molecule has 1 atom stereocenters. The summed E-state index contributed by atoms with van der Waals surface area (Å²) in [5.74, 6) is 0. The molecular weight excluding hydrogens is 455 g/mol. The molecule has 0 bridgehead atoms. The van der Waals surface area contributed by atoms with E-state index in [-0.39, 0.29) is 5.38 Å². The molecule has 0 radical (unpaired) electrons. The van der Waals surface area contributed by atoms with Crippen molar-refractivity contribution in [3.05, 3.63) is 66.0 Å². The Labute approximate surface area is 143 Å². The Bertz CT molecular complexity index is 603. The van der Waals surface area contributed by atoms with Crippen LogP contribution in [0.25, 0.3) is 0 Å². The summed E-state index contributed by atoms with van der Waals surface area (Å²) in [6, 6.07) is 10.4. The molecular formula is C15H12Br3Cl. The van der Waals surface area contributed by atoms with Gasteiger partial charge >= 0.3 is 0 Å². The smallest absolute Gasteiger partial charge is 0.0838 e. The highest BCUT2D eigenvalue weighted by Gasteiger charge is 2.15. The first kappa shape index (κ1) is 15.6. The fraction of sp³-hybridized carbons (Fsp3) is 0.200. The van der Waals surface area contributed by atoms with Crippen LogP contribution in [-0.4, -0.2) is 0 Å². The van der Waals surface area contributed by atoms with Crippen molar-refractivity contribution in [1.82, 2.24) is 0 Å². The summed E-state index contributed by atoms with van der Waals surface area (Å²) < 4.78 is 3.16. The summed E-state index contributed by atoms with van der Waals surface area (Å²) >= 11 is 17.2. The van der Waals surface area contributed by atoms with Gasteiger partial charge in [0, 0.05) is 13.4 Å². The van der Waals surface area contributed by atoms with Crippen LogP contribution < -0.4 is 0 Å². The summed E-state index contributed by atoms with van der Waals surface area (Å²) in [6.45, 7) is 4.16. The minimum absolute atomic E-state index is 0.152. The van der Waals surface area contributed by atoms with E-state index in [0.717, 1.165) is 24.5 Å². The molecule has 0 saturated carbocycles. The van der Waals surface area contributed by atoms with Crippen molar-refractivity contribution >= 4 is 59.4 Å². The van der Waals surface area contributed by atoms with Crippen LogP contribution in [0.15, 0.2) is 43.7 Å². The highest BCUT2D eigenvalue weighted by molar-refractivity contribution is 9.11. The molecule has 0 spiro atoms. The van der Waals surface area contributed by atoms with E-state index < -0.39 is 0 Å². The second-order valence-corrected chi connectivity index (χ2v) is 7.65. The molecule has 0 heterocycles. The zero-order valence-electron chi connectivity index (χ0n) is 10.5. The van der Waals surface area contributed by atoms with Crippen LogP contribution in [0.5, 0.6) is 0 Å². The lowest BCUT2D eigenvalue weighted by Crippen LogP contribution is -1.98. The molecule has 0 amide bonds. The van der Waals surface area contributed by atoms with Gasteiger partial charge < -0.3 is 0 Å². The van der Waals surface area contributed by atoms with Crippen molar-refractivity contribution in [3.63, 3.8) is 0 Å². The summed E-state index contributed by atoms with van der Waals surface area (Å²) in [7, 11) is 0. The maximum atomic E-state index is 6.65. The van der Waals surface area contributed by atoms with E-state index in [1.54, 1.807) is 0 Å². The lowest BCUT2D eigenvalue weighted by atomic mass is 9.98. The number of aryl methyl sites for hydroxylation is 2. The van der Waals surface area contributed by atoms with Gasteiger partial charge in [0.2, 0.25) is 0 Å². The van der Waals surface area contributed by atoms with Gasteiger partial charge in [-0.05, 0) is 60.4 Å². The molecule has 4 heteroatoms. The predicted molar refractivity (Wildman–Crippen MR) is 93.2 cm³/mol. The lowest BCUT2D eigenvalue weighted by Gasteiger charge is -2.16. The van der Waals surface area contributed by atoms with Gasteiger partial charge in [0.1, 0.15) is 0 Å². The van der Waals surface area contributed by atoms with E-state index in [9.17, 15) is 0 Å². The highest BCUT2D eigenvalue weighted by Crippen LogP contribution is 2.36. The van der Waals surface area contributed by atoms with E-state index in [1.807, 2.05) is 6.07 Å². The number of hydrogen-bond donors (Lipinski definition) is 0. The molecule has 100 valence electrons. The number of rotatable bonds is 2. The normalized spacial score (nSPS) is 12.5. The molecule has 0 saturated heterocycles. The van der Waals surface area contributed by atoms with E-state index in [1.165, 1.54) is 11.1 Å². The van der Waals surface area contributed by atoms with Gasteiger partial charge in [0.15, 0.2) is 0 Å². The summed E-state index contributed by atoms with van der Waals surface area (Å²) in [6.07, 6.45) is 0. The Morgan fingerprint density at radius 3 is 2.00 bits per heavy atom. The second-order valence-electron chi connectivity index (χ2n) is 4.52. The van der Waals surface area contributed by atoms with Crippen LogP contribution in [0.3, 0.4) is 0 Å². The average molecular weight is 467 g/mol. The molecule has 2 rings (SSSR count). The molecule has 0 aliphatic heterocycles. The van der Waals surface area contributed by atoms with Gasteiger partial charge in [-0.25, -0.2) is 0 Å². The van der Waals surface area contributed by atoms with Crippen LogP contribution in [0.4, 0.5) is 0 Å². The average Bonchev–Trinajstić information content (AvgIpc) is 2.31. The van der Waals surface area contributed by atoms with Crippen LogP contribution in [-0.2, 0) is 0 Å². The quantitative estimate of drug-likeness (QED) is 0.421. The summed E-state index contributed by atoms with van der Waals surface area (Å²) in [5, 5.41) is -0.152. The zero-order chi connectivity index (χ0) is 14.2. The predicted octanol–water partition coefficient (Wildman–Crippen LogP) is 6.92. The third-order valence-electron chi connectivity index (χ3n) is 3.00. The monoisotopic (exact) mass is 464 g/mol. The summed E-state index contributed by atoms with van der Waals surface area (Å²) in [5.41, 5.74) is 4.61. The summed E-state index contributed by atoms with van der Waals surface area (Å²) in [4.78, 5) is 0. The Kier molecular flexibility index (Phi) is 5.15. The van der Waals surface area contributed by atoms with Crippen molar-refractivity contribution in [2.24, 2.45) is 0 Å². The van der Waals surface area contributed by atoms with Gasteiger partial charge in [0.05, 0.1) is 5.38 Å². The second kappa shape index (κ2) is 6.30. The number of hydrogen-bond acceptors (Lipinski definition) is 0. The first-order valence-corrected chi connectivity index (χ1v) is 8.56. The molecule has 0 aliphatic carbocycles. The minimum atomic E-state index is -0.152. The number of halogens is 4. The maximum Gasteiger partial charge on any atom is 0.0838 e. The van der Waals surface area contributed by atoms with Crippen LogP contribution in [0.1, 0.15) is 27.6 Å². The molecule has 19 heavy (non-hydrogen) atoms. The van der Waals surface area contributed by atoms with E-state index in [2.05, 4.69) is 85.9 Å². The van der Waals surface area contributed by atoms with Crippen molar-refractivity contribution < 1.29 is 0 Å². The Morgan fingerprint density at radius 1 is 0.842 bits per heavy atom. The molecule has 0 aromatic heterocycles. The first-order chi connectivity index (χ1) is 8.88. The Balaban J connectivity index is 2.49. The molecule has 0 nitrogen and oxygen atoms in total. The Hall–Kier alpha value is 0.170. The largest absolute Gasteiger partial charge is 0.113 e. The van der Waals surface area contributed by atoms with Crippen LogP contribution >= 0.6 is 59.4 Å². The first-order valence-electron chi connectivity index (χ1n) is 5.75. The van der Waals surface area contributed by atoms with Crippen LogP contribution in [0, 0.1) is 13.8 Å². The van der Waals surface area contributed by atoms with E-state index >= 15 is 0 Å². The van der Waals surface area contributed by atoms with Crippen molar-refractivity contribution in [3.8, 4) is 0 Å². The SMILES string of the molecule is Cc1cc(C(Cl)c2cc(Br)cc(Br)c2)c(C)cc1Br. The fourth-order valence-corrected chi connectivity index (χ4v) is 4.13. The van der Waals surface area contributed by atoms with E-state index in [4.69, 9.17) is 11.6 Å². The topological polar surface area (TPSA) is 0 Å². The molecule has 0 fully saturated rings. The molecule has 0 N–H and O–H groups in total. The fourth-order valence-electron chi connectivity index (χ4n) is 1.98. The number of benzene rings is 2. The lowest BCUT2D eigenvalue weighted by molar-refractivity contribution is 1.09. The van der Waals surface area contributed by atoms with E-state index in [0.29, 0.717) is 0 Å². The van der Waals surface area contributed by atoms with Gasteiger partial charge in [-0.1, -0.05) is 53.9 Å². The number of alkyl halides is 1. The molecule has 2 aromatic carbocycles. The van der Waals surface area contributed by atoms with Crippen LogP contribution in [0.2, 0.25) is 0 Å². The van der Waals surface area contributed by atoms with Gasteiger partial charge in [-0.15, -0.1) is 11.6 Å². The van der Waals surface area contributed by atoms with Gasteiger partial charge in [-0.3, -0.25) is 0 Å². The Morgan fingerprint density at radius 2 is 1.42 bits per heavy atom. The standard InChI is InChI=1S/C15H12Br3Cl/c1-8-4-14(18)9(2)3-13(8)15(19)10-5-11(16)7-12(17)6-10/h3-7,15H,1-2H3. The third kappa shape index (κ3) is 3.63. The highest BCUT2D eigenvalue weighted by atomic mass is 79.9. The maximum absolute atomic E-state index is 6.65. The van der Waals surface area contributed by atoms with Crippen molar-refractivity contribution in [2.45, 2.75) is 19.2 Å². The third-order valence-corrected chi connectivity index (χ3v) is 5.25. The van der Waals surface area contributed by atoms with Gasteiger partial charge in [-0.2, -0.15) is 0 Å². The minimum Gasteiger partial charge on any atom is -0.113 e. The molecule has 0 aliphatic rings. The molecule has 2 aromatic rings. The molecule has 1 unspecified atom stereocenters. The van der Waals surface area contributed by atoms with Crippen molar-refractivity contribution in [2.75, 3.05) is 0 Å². The van der Waals surface area contributed by atoms with Gasteiger partial charge in [0.25, 0.3) is 0 Å². The zero-order valence-corrected chi connectivity index (χ0v) is 16.0. The van der Waals surface area contributed by atoms with Crippen molar-refractivity contribution in [1.29, 1.82) is 0 Å².